The molecule has 1 aromatic heterocycles. The summed E-state index contributed by atoms with van der Waals surface area (Å²) < 4.78 is 5.39. The van der Waals surface area contributed by atoms with Crippen LogP contribution < -0.4 is 10.2 Å². The van der Waals surface area contributed by atoms with Gasteiger partial charge in [-0.3, -0.25) is 19.8 Å². The van der Waals surface area contributed by atoms with Gasteiger partial charge >= 0.3 is 0 Å². The predicted octanol–water partition coefficient (Wildman–Crippen LogP) is 3.73. The van der Waals surface area contributed by atoms with Gasteiger partial charge in [-0.1, -0.05) is 23.2 Å². The van der Waals surface area contributed by atoms with E-state index < -0.39 is 11.8 Å². The zero-order valence-electron chi connectivity index (χ0n) is 12.3. The second kappa shape index (κ2) is 6.39. The van der Waals surface area contributed by atoms with Crippen LogP contribution in [0.4, 0.5) is 5.69 Å². The molecule has 2 amide bonds. The van der Waals surface area contributed by atoms with E-state index in [2.05, 4.69) is 5.32 Å². The van der Waals surface area contributed by atoms with E-state index in [1.807, 2.05) is 0 Å². The normalized spacial score (nSPS) is 16.7. The molecule has 8 heteroatoms. The second-order valence-corrected chi connectivity index (χ2v) is 6.21. The summed E-state index contributed by atoms with van der Waals surface area (Å²) in [5.74, 6) is -0.0955. The van der Waals surface area contributed by atoms with Crippen LogP contribution in [-0.4, -0.2) is 16.9 Å². The average molecular weight is 381 g/mol. The molecule has 24 heavy (non-hydrogen) atoms. The summed E-state index contributed by atoms with van der Waals surface area (Å²) in [4.78, 5) is 26.0. The fraction of sp³-hybridized carbons (Fsp3) is 0.0625. The van der Waals surface area contributed by atoms with Crippen LogP contribution in [0, 0.1) is 6.92 Å². The summed E-state index contributed by atoms with van der Waals surface area (Å²) in [5.41, 5.74) is 0.310. The maximum Gasteiger partial charge on any atom is 0.270 e. The molecule has 1 aromatic carbocycles. The standard InChI is InChI=1S/C16H10Cl2N2O3S/c1-8-2-4-10(23-8)7-11-14(21)19-16(24)20(15(11)22)9-3-5-12(17)13(18)6-9/h2-7H,1H3,(H,19,21,24). The van der Waals surface area contributed by atoms with Crippen molar-refractivity contribution in [3.63, 3.8) is 0 Å². The van der Waals surface area contributed by atoms with Gasteiger partial charge in [-0.2, -0.15) is 0 Å². The molecule has 122 valence electrons. The number of rotatable bonds is 2. The van der Waals surface area contributed by atoms with Crippen LogP contribution in [0.15, 0.2) is 40.3 Å². The molecule has 5 nitrogen and oxygen atoms in total. The Bertz CT molecular complexity index is 904. The van der Waals surface area contributed by atoms with E-state index in [9.17, 15) is 9.59 Å². The van der Waals surface area contributed by atoms with E-state index in [1.54, 1.807) is 31.2 Å². The SMILES string of the molecule is Cc1ccc(C=C2C(=O)NC(=S)N(c3ccc(Cl)c(Cl)c3)C2=O)o1. The molecule has 0 bridgehead atoms. The molecule has 0 unspecified atom stereocenters. The Morgan fingerprint density at radius 2 is 1.92 bits per heavy atom. The van der Waals surface area contributed by atoms with Gasteiger partial charge in [0.25, 0.3) is 11.8 Å². The van der Waals surface area contributed by atoms with Crippen molar-refractivity contribution >= 4 is 64.1 Å². The van der Waals surface area contributed by atoms with Crippen molar-refractivity contribution in [1.29, 1.82) is 0 Å². The Kier molecular flexibility index (Phi) is 4.45. The lowest BCUT2D eigenvalue weighted by Crippen LogP contribution is -2.54. The number of amides is 2. The first kappa shape index (κ1) is 16.7. The number of aryl methyl sites for hydroxylation is 1. The summed E-state index contributed by atoms with van der Waals surface area (Å²) in [7, 11) is 0. The van der Waals surface area contributed by atoms with Crippen LogP contribution in [0.1, 0.15) is 11.5 Å². The van der Waals surface area contributed by atoms with Gasteiger partial charge in [0.05, 0.1) is 15.7 Å². The number of nitrogens with one attached hydrogen (secondary N) is 1. The first-order valence-corrected chi connectivity index (χ1v) is 7.96. The van der Waals surface area contributed by atoms with Crippen LogP contribution in [0.3, 0.4) is 0 Å². The zero-order chi connectivity index (χ0) is 17.4. The second-order valence-electron chi connectivity index (χ2n) is 5.00. The molecular formula is C16H10Cl2N2O3S. The van der Waals surface area contributed by atoms with E-state index in [0.717, 1.165) is 0 Å². The van der Waals surface area contributed by atoms with Gasteiger partial charge in [0, 0.05) is 0 Å². The van der Waals surface area contributed by atoms with Crippen molar-refractivity contribution < 1.29 is 14.0 Å². The third-order valence-corrected chi connectivity index (χ3v) is 4.33. The Balaban J connectivity index is 2.02. The highest BCUT2D eigenvalue weighted by Crippen LogP contribution is 2.29. The third kappa shape index (κ3) is 3.08. The third-order valence-electron chi connectivity index (χ3n) is 3.31. The van der Waals surface area contributed by atoms with E-state index in [1.165, 1.54) is 17.0 Å². The minimum atomic E-state index is -0.588. The molecule has 0 aliphatic carbocycles. The molecule has 1 fully saturated rings. The number of halogens is 2. The van der Waals surface area contributed by atoms with Crippen molar-refractivity contribution in [1.82, 2.24) is 5.32 Å². The summed E-state index contributed by atoms with van der Waals surface area (Å²) in [6, 6.07) is 8.04. The maximum atomic E-state index is 12.7. The van der Waals surface area contributed by atoms with Gasteiger partial charge < -0.3 is 4.42 Å². The molecule has 2 aromatic rings. The lowest BCUT2D eigenvalue weighted by atomic mass is 10.1. The molecule has 0 atom stereocenters. The average Bonchev–Trinajstić information content (AvgIpc) is 2.92. The quantitative estimate of drug-likeness (QED) is 0.489. The number of carbonyl (C=O) groups is 2. The van der Waals surface area contributed by atoms with E-state index in [4.69, 9.17) is 39.8 Å². The van der Waals surface area contributed by atoms with Crippen LogP contribution in [0.25, 0.3) is 6.08 Å². The lowest BCUT2D eigenvalue weighted by molar-refractivity contribution is -0.122. The summed E-state index contributed by atoms with van der Waals surface area (Å²) in [6.07, 6.45) is 1.37. The minimum absolute atomic E-state index is 0.0313. The van der Waals surface area contributed by atoms with Crippen molar-refractivity contribution in [3.8, 4) is 0 Å². The van der Waals surface area contributed by atoms with Gasteiger partial charge in [-0.15, -0.1) is 0 Å². The van der Waals surface area contributed by atoms with Crippen LogP contribution in [0.5, 0.6) is 0 Å². The Labute approximate surface area is 152 Å². The molecule has 1 saturated heterocycles. The molecule has 3 rings (SSSR count). The number of furan rings is 1. The maximum absolute atomic E-state index is 12.7. The number of hydrogen-bond acceptors (Lipinski definition) is 4. The van der Waals surface area contributed by atoms with Crippen LogP contribution in [-0.2, 0) is 9.59 Å². The Morgan fingerprint density at radius 3 is 2.54 bits per heavy atom. The fourth-order valence-corrected chi connectivity index (χ4v) is 2.76. The van der Waals surface area contributed by atoms with Gasteiger partial charge in [0.1, 0.15) is 17.1 Å². The predicted molar refractivity (Wildman–Crippen MR) is 96.1 cm³/mol. The van der Waals surface area contributed by atoms with Crippen LogP contribution >= 0.6 is 35.4 Å². The highest BCUT2D eigenvalue weighted by molar-refractivity contribution is 7.80. The van der Waals surface area contributed by atoms with Gasteiger partial charge in [0.2, 0.25) is 0 Å². The fourth-order valence-electron chi connectivity index (χ4n) is 2.19. The Hall–Kier alpha value is -2.15. The van der Waals surface area contributed by atoms with E-state index in [-0.39, 0.29) is 15.7 Å². The minimum Gasteiger partial charge on any atom is -0.462 e. The number of carbonyl (C=O) groups excluding carboxylic acids is 2. The molecule has 1 aliphatic heterocycles. The topological polar surface area (TPSA) is 62.6 Å². The van der Waals surface area contributed by atoms with Gasteiger partial charge in [-0.25, -0.2) is 0 Å². The van der Waals surface area contributed by atoms with Gasteiger partial charge in [-0.05, 0) is 55.5 Å². The molecule has 0 radical (unpaired) electrons. The molecular weight excluding hydrogens is 371 g/mol. The zero-order valence-corrected chi connectivity index (χ0v) is 14.6. The first-order chi connectivity index (χ1) is 11.4. The van der Waals surface area contributed by atoms with Crippen molar-refractivity contribution in [2.24, 2.45) is 0 Å². The highest BCUT2D eigenvalue weighted by Gasteiger charge is 2.34. The van der Waals surface area contributed by atoms with Crippen molar-refractivity contribution in [2.45, 2.75) is 6.92 Å². The first-order valence-electron chi connectivity index (χ1n) is 6.80. The molecule has 0 spiro atoms. The van der Waals surface area contributed by atoms with Crippen molar-refractivity contribution in [2.75, 3.05) is 4.90 Å². The van der Waals surface area contributed by atoms with Crippen molar-refractivity contribution in [3.05, 3.63) is 57.5 Å². The number of benzene rings is 1. The monoisotopic (exact) mass is 380 g/mol. The highest BCUT2D eigenvalue weighted by atomic mass is 35.5. The Morgan fingerprint density at radius 1 is 1.17 bits per heavy atom. The molecule has 1 N–H and O–H groups in total. The number of hydrogen-bond donors (Lipinski definition) is 1. The number of anilines is 1. The van der Waals surface area contributed by atoms with Gasteiger partial charge in [0.15, 0.2) is 5.11 Å². The number of thiocarbonyl (C=S) groups is 1. The van der Waals surface area contributed by atoms with E-state index >= 15 is 0 Å². The lowest BCUT2D eigenvalue weighted by Gasteiger charge is -2.28. The molecule has 2 heterocycles. The number of nitrogens with zero attached hydrogens (tertiary/aromatic N) is 1. The summed E-state index contributed by atoms with van der Waals surface area (Å²) in [6.45, 7) is 1.77. The largest absolute Gasteiger partial charge is 0.462 e. The smallest absolute Gasteiger partial charge is 0.270 e. The van der Waals surface area contributed by atoms with Crippen LogP contribution in [0.2, 0.25) is 10.0 Å². The molecule has 0 saturated carbocycles. The summed E-state index contributed by atoms with van der Waals surface area (Å²) in [5, 5.41) is 3.07. The molecule has 1 aliphatic rings. The summed E-state index contributed by atoms with van der Waals surface area (Å²) >= 11 is 17.0. The van der Waals surface area contributed by atoms with E-state index in [0.29, 0.717) is 22.2 Å².